The van der Waals surface area contributed by atoms with E-state index >= 15 is 0 Å². The minimum Gasteiger partial charge on any atom is -0.310 e. The van der Waals surface area contributed by atoms with E-state index in [-0.39, 0.29) is 0 Å². The summed E-state index contributed by atoms with van der Waals surface area (Å²) in [6.07, 6.45) is 6.16. The van der Waals surface area contributed by atoms with Crippen LogP contribution in [0, 0.1) is 6.92 Å². The molecule has 2 aromatic rings. The molecule has 0 fully saturated rings. The Bertz CT molecular complexity index is 503. The van der Waals surface area contributed by atoms with Crippen LogP contribution < -0.4 is 5.32 Å². The van der Waals surface area contributed by atoms with Crippen LogP contribution in [-0.4, -0.2) is 21.3 Å². The molecule has 0 aliphatic rings. The van der Waals surface area contributed by atoms with Gasteiger partial charge in [0, 0.05) is 36.1 Å². The molecule has 104 valence electrons. The quantitative estimate of drug-likeness (QED) is 0.846. The van der Waals surface area contributed by atoms with E-state index in [2.05, 4.69) is 47.7 Å². The number of hydrogen-bond acceptors (Lipinski definition) is 4. The highest BCUT2D eigenvalue weighted by Gasteiger charge is 2.14. The second kappa shape index (κ2) is 6.82. The molecule has 0 saturated carbocycles. The van der Waals surface area contributed by atoms with Gasteiger partial charge in [-0.2, -0.15) is 5.10 Å². The molecule has 1 unspecified atom stereocenters. The summed E-state index contributed by atoms with van der Waals surface area (Å²) < 4.78 is 2.02. The third kappa shape index (κ3) is 3.88. The molecule has 0 bridgehead atoms. The molecule has 2 rings (SSSR count). The Hall–Kier alpha value is -1.20. The maximum Gasteiger partial charge on any atom is 0.0897 e. The predicted octanol–water partition coefficient (Wildman–Crippen LogP) is 2.95. The van der Waals surface area contributed by atoms with Crippen molar-refractivity contribution in [3.05, 3.63) is 34.0 Å². The van der Waals surface area contributed by atoms with Gasteiger partial charge in [-0.1, -0.05) is 13.8 Å². The van der Waals surface area contributed by atoms with E-state index in [0.717, 1.165) is 36.6 Å². The average Bonchev–Trinajstić information content (AvgIpc) is 2.99. The number of rotatable bonds is 7. The van der Waals surface area contributed by atoms with Crippen LogP contribution >= 0.6 is 11.3 Å². The van der Waals surface area contributed by atoms with Crippen molar-refractivity contribution in [2.24, 2.45) is 0 Å². The summed E-state index contributed by atoms with van der Waals surface area (Å²) >= 11 is 1.71. The number of aromatic nitrogens is 3. The van der Waals surface area contributed by atoms with Gasteiger partial charge in [-0.15, -0.1) is 11.3 Å². The van der Waals surface area contributed by atoms with Gasteiger partial charge in [0.05, 0.1) is 16.9 Å². The number of hydrogen-bond donors (Lipinski definition) is 1. The molecule has 4 nitrogen and oxygen atoms in total. The normalized spacial score (nSPS) is 12.8. The molecule has 1 atom stereocenters. The number of aryl methyl sites for hydroxylation is 2. The lowest BCUT2D eigenvalue weighted by atomic mass is 10.1. The first-order valence-electron chi connectivity index (χ1n) is 6.89. The predicted molar refractivity (Wildman–Crippen MR) is 79.5 cm³/mol. The van der Waals surface area contributed by atoms with Crippen LogP contribution in [0.2, 0.25) is 0 Å². The Kier molecular flexibility index (Phi) is 5.10. The minimum atomic E-state index is 0.303. The summed E-state index contributed by atoms with van der Waals surface area (Å²) in [7, 11) is 0. The molecule has 5 heteroatoms. The molecule has 2 aromatic heterocycles. The van der Waals surface area contributed by atoms with E-state index in [4.69, 9.17) is 0 Å². The van der Waals surface area contributed by atoms with Crippen LogP contribution in [0.25, 0.3) is 0 Å². The van der Waals surface area contributed by atoms with Crippen molar-refractivity contribution in [1.29, 1.82) is 0 Å². The van der Waals surface area contributed by atoms with Gasteiger partial charge in [0.2, 0.25) is 0 Å². The van der Waals surface area contributed by atoms with Gasteiger partial charge in [-0.3, -0.25) is 4.68 Å². The van der Waals surface area contributed by atoms with Gasteiger partial charge in [0.15, 0.2) is 0 Å². The van der Waals surface area contributed by atoms with Crippen LogP contribution in [0.5, 0.6) is 0 Å². The Morgan fingerprint density at radius 2 is 2.26 bits per heavy atom. The van der Waals surface area contributed by atoms with Crippen molar-refractivity contribution >= 4 is 11.3 Å². The van der Waals surface area contributed by atoms with Gasteiger partial charge in [0.1, 0.15) is 0 Å². The lowest BCUT2D eigenvalue weighted by Crippen LogP contribution is -2.22. The van der Waals surface area contributed by atoms with Gasteiger partial charge in [-0.25, -0.2) is 4.98 Å². The van der Waals surface area contributed by atoms with Gasteiger partial charge >= 0.3 is 0 Å². The molecule has 2 heterocycles. The monoisotopic (exact) mass is 278 g/mol. The fraction of sp³-hybridized carbons (Fsp3) is 0.571. The van der Waals surface area contributed by atoms with Gasteiger partial charge in [-0.05, 0) is 19.9 Å². The van der Waals surface area contributed by atoms with E-state index in [9.17, 15) is 0 Å². The summed E-state index contributed by atoms with van der Waals surface area (Å²) in [6.45, 7) is 8.29. The first-order chi connectivity index (χ1) is 9.22. The molecule has 1 N–H and O–H groups in total. The Morgan fingerprint density at radius 1 is 1.42 bits per heavy atom. The van der Waals surface area contributed by atoms with Crippen molar-refractivity contribution in [2.45, 2.75) is 46.2 Å². The van der Waals surface area contributed by atoms with Crippen molar-refractivity contribution in [1.82, 2.24) is 20.1 Å². The highest BCUT2D eigenvalue weighted by atomic mass is 32.1. The number of likely N-dealkylation sites (N-methyl/N-ethyl adjacent to an activating group) is 1. The van der Waals surface area contributed by atoms with Crippen LogP contribution in [0.4, 0.5) is 0 Å². The molecule has 0 radical (unpaired) electrons. The fourth-order valence-electron chi connectivity index (χ4n) is 2.18. The SMILES string of the molecule is CCCn1cc(C(Cc2csc(C)n2)NCC)cn1. The van der Waals surface area contributed by atoms with Gasteiger partial charge in [0.25, 0.3) is 0 Å². The molecule has 0 aliphatic heterocycles. The Labute approximate surface area is 118 Å². The van der Waals surface area contributed by atoms with Crippen LogP contribution in [0.1, 0.15) is 42.6 Å². The third-order valence-corrected chi connectivity index (χ3v) is 3.86. The summed E-state index contributed by atoms with van der Waals surface area (Å²) in [6, 6.07) is 0.303. The van der Waals surface area contributed by atoms with Crippen molar-refractivity contribution < 1.29 is 0 Å². The first-order valence-corrected chi connectivity index (χ1v) is 7.77. The lowest BCUT2D eigenvalue weighted by molar-refractivity contribution is 0.542. The van der Waals surface area contributed by atoms with E-state index in [1.54, 1.807) is 11.3 Å². The second-order valence-corrected chi connectivity index (χ2v) is 5.77. The topological polar surface area (TPSA) is 42.7 Å². The van der Waals surface area contributed by atoms with Crippen molar-refractivity contribution in [3.63, 3.8) is 0 Å². The van der Waals surface area contributed by atoms with E-state index in [0.29, 0.717) is 6.04 Å². The molecule has 0 amide bonds. The zero-order valence-electron chi connectivity index (χ0n) is 11.9. The average molecular weight is 278 g/mol. The summed E-state index contributed by atoms with van der Waals surface area (Å²) in [5, 5.41) is 11.2. The Balaban J connectivity index is 2.09. The fourth-order valence-corrected chi connectivity index (χ4v) is 2.80. The smallest absolute Gasteiger partial charge is 0.0897 e. The van der Waals surface area contributed by atoms with Crippen LogP contribution in [0.15, 0.2) is 17.8 Å². The molecule has 0 spiro atoms. The minimum absolute atomic E-state index is 0.303. The van der Waals surface area contributed by atoms with E-state index < -0.39 is 0 Å². The van der Waals surface area contributed by atoms with Crippen LogP contribution in [-0.2, 0) is 13.0 Å². The number of nitrogens with zero attached hydrogens (tertiary/aromatic N) is 3. The lowest BCUT2D eigenvalue weighted by Gasteiger charge is -2.14. The zero-order chi connectivity index (χ0) is 13.7. The summed E-state index contributed by atoms with van der Waals surface area (Å²) in [4.78, 5) is 4.55. The summed E-state index contributed by atoms with van der Waals surface area (Å²) in [5.74, 6) is 0. The molecule has 0 aromatic carbocycles. The molecule has 19 heavy (non-hydrogen) atoms. The highest BCUT2D eigenvalue weighted by molar-refractivity contribution is 7.09. The first kappa shape index (κ1) is 14.2. The zero-order valence-corrected chi connectivity index (χ0v) is 12.7. The molecule has 0 aliphatic carbocycles. The van der Waals surface area contributed by atoms with Gasteiger partial charge < -0.3 is 5.32 Å². The maximum atomic E-state index is 4.55. The second-order valence-electron chi connectivity index (χ2n) is 4.71. The third-order valence-electron chi connectivity index (χ3n) is 3.04. The highest BCUT2D eigenvalue weighted by Crippen LogP contribution is 2.19. The number of nitrogens with one attached hydrogen (secondary N) is 1. The number of thiazole rings is 1. The standard InChI is InChI=1S/C14H22N4S/c1-4-6-18-9-12(8-16-18)14(15-5-2)7-13-10-19-11(3)17-13/h8-10,14-15H,4-7H2,1-3H3. The van der Waals surface area contributed by atoms with E-state index in [1.165, 1.54) is 5.56 Å². The van der Waals surface area contributed by atoms with Crippen molar-refractivity contribution in [2.75, 3.05) is 6.54 Å². The van der Waals surface area contributed by atoms with Crippen LogP contribution in [0.3, 0.4) is 0 Å². The Morgan fingerprint density at radius 3 is 2.89 bits per heavy atom. The van der Waals surface area contributed by atoms with Crippen molar-refractivity contribution in [3.8, 4) is 0 Å². The molecule has 0 saturated heterocycles. The molecular weight excluding hydrogens is 256 g/mol. The van der Waals surface area contributed by atoms with E-state index in [1.807, 2.05) is 10.9 Å². The maximum absolute atomic E-state index is 4.55. The largest absolute Gasteiger partial charge is 0.310 e. The molecular formula is C14H22N4S. The summed E-state index contributed by atoms with van der Waals surface area (Å²) in [5.41, 5.74) is 2.41.